The van der Waals surface area contributed by atoms with Gasteiger partial charge in [0.05, 0.1) is 0 Å². The minimum Gasteiger partial charge on any atom is -0.665 e. The number of aryl methyl sites for hydroxylation is 1. The van der Waals surface area contributed by atoms with Crippen molar-refractivity contribution in [3.63, 3.8) is 0 Å². The number of carbonyl (C=O) groups excluding carboxylic acids is 1. The molecule has 0 atom stereocenters. The third-order valence-corrected chi connectivity index (χ3v) is 3.45. The van der Waals surface area contributed by atoms with Gasteiger partial charge in [0.1, 0.15) is 0 Å². The number of hydrogen-bond donors (Lipinski definition) is 0. The number of benzene rings is 1. The van der Waals surface area contributed by atoms with Crippen LogP contribution in [0.5, 0.6) is 0 Å². The van der Waals surface area contributed by atoms with Crippen molar-refractivity contribution in [3.05, 3.63) is 53.7 Å². The first-order valence-electron chi connectivity index (χ1n) is 6.87. The van der Waals surface area contributed by atoms with Gasteiger partial charge < -0.3 is 10.2 Å². The summed E-state index contributed by atoms with van der Waals surface area (Å²) in [7, 11) is 1.82. The fourth-order valence-corrected chi connectivity index (χ4v) is 2.41. The number of unbranched alkanes of at least 4 members (excludes halogenated alkanes) is 1. The molecule has 1 aliphatic heterocycles. The summed E-state index contributed by atoms with van der Waals surface area (Å²) in [5.74, 6) is 0.117. The molecule has 1 amide bonds. The Morgan fingerprint density at radius 3 is 2.82 bits per heavy atom. The number of amides is 1. The Bertz CT molecular complexity index is 460. The average Bonchev–Trinajstić information content (AvgIpc) is 2.56. The van der Waals surface area contributed by atoms with Gasteiger partial charge >= 0.3 is 58.2 Å². The standard InChI is InChI=1S/C16H21N2O.Rb.W.Y/c1-13-7-8-14-6-5-11-18(10-4-3-9-17-2)16(19)15(14)12-13;;;/h7-8,10,12H,1,3-6,9,11H2,2H3;;;/q-3;+1;;. The maximum atomic E-state index is 12.5. The van der Waals surface area contributed by atoms with Crippen LogP contribution in [0.3, 0.4) is 0 Å². The van der Waals surface area contributed by atoms with Gasteiger partial charge in [0.25, 0.3) is 0 Å². The SMILES string of the molecule is [CH2-]c1ccc2c(c1)C(=O)N([CH-]CCC[N-]C)CCC2.[Rb+].[W].[Y]. The molecule has 0 unspecified atom stereocenters. The maximum Gasteiger partial charge on any atom is 1.00 e. The average molecular weight is 616 g/mol. The minimum atomic E-state index is 0. The Morgan fingerprint density at radius 2 is 2.14 bits per heavy atom. The van der Waals surface area contributed by atoms with E-state index in [1.807, 2.05) is 36.7 Å². The molecular formula is C16H21N2ORbWY-2. The van der Waals surface area contributed by atoms with Crippen molar-refractivity contribution in [2.45, 2.75) is 25.7 Å². The second-order valence-electron chi connectivity index (χ2n) is 4.96. The first-order chi connectivity index (χ1) is 9.22. The number of fused-ring (bicyclic) bond motifs is 1. The van der Waals surface area contributed by atoms with Crippen molar-refractivity contribution >= 4 is 5.91 Å². The van der Waals surface area contributed by atoms with Crippen LogP contribution in [0.2, 0.25) is 0 Å². The zero-order valence-corrected chi connectivity index (χ0v) is 24.2. The van der Waals surface area contributed by atoms with Crippen LogP contribution < -0.4 is 58.2 Å². The fourth-order valence-electron chi connectivity index (χ4n) is 2.41. The molecule has 1 aliphatic rings. The molecule has 22 heavy (non-hydrogen) atoms. The van der Waals surface area contributed by atoms with Crippen LogP contribution in [-0.4, -0.2) is 30.9 Å². The predicted molar refractivity (Wildman–Crippen MR) is 77.9 cm³/mol. The molecule has 0 saturated carbocycles. The van der Waals surface area contributed by atoms with Crippen LogP contribution in [0.15, 0.2) is 18.2 Å². The summed E-state index contributed by atoms with van der Waals surface area (Å²) < 4.78 is 0. The van der Waals surface area contributed by atoms with E-state index in [0.29, 0.717) is 0 Å². The van der Waals surface area contributed by atoms with Crippen molar-refractivity contribution in [2.24, 2.45) is 0 Å². The van der Waals surface area contributed by atoms with Gasteiger partial charge in [-0.05, 0) is 24.9 Å². The predicted octanol–water partition coefficient (Wildman–Crippen LogP) is 0.202. The molecule has 0 spiro atoms. The van der Waals surface area contributed by atoms with E-state index in [4.69, 9.17) is 0 Å². The zero-order valence-electron chi connectivity index (χ0n) is 13.5. The van der Waals surface area contributed by atoms with Crippen LogP contribution in [-0.2, 0) is 60.2 Å². The molecule has 3 nitrogen and oxygen atoms in total. The van der Waals surface area contributed by atoms with Crippen LogP contribution in [0.4, 0.5) is 0 Å². The van der Waals surface area contributed by atoms with Crippen molar-refractivity contribution in [3.8, 4) is 0 Å². The van der Waals surface area contributed by atoms with E-state index in [1.165, 1.54) is 0 Å². The van der Waals surface area contributed by atoms with Crippen LogP contribution >= 0.6 is 0 Å². The van der Waals surface area contributed by atoms with Crippen molar-refractivity contribution in [2.75, 3.05) is 20.1 Å². The van der Waals surface area contributed by atoms with E-state index >= 15 is 0 Å². The summed E-state index contributed by atoms with van der Waals surface area (Å²) in [4.78, 5) is 14.4. The van der Waals surface area contributed by atoms with E-state index in [2.05, 4.69) is 12.2 Å². The maximum absolute atomic E-state index is 12.5. The van der Waals surface area contributed by atoms with Crippen LogP contribution in [0.25, 0.3) is 5.32 Å². The van der Waals surface area contributed by atoms with E-state index < -0.39 is 0 Å². The Balaban J connectivity index is 0. The third-order valence-electron chi connectivity index (χ3n) is 3.45. The van der Waals surface area contributed by atoms with Crippen molar-refractivity contribution < 1.29 is 117 Å². The molecular weight excluding hydrogens is 594 g/mol. The second kappa shape index (κ2) is 14.3. The number of carbonyl (C=O) groups is 1. The zero-order chi connectivity index (χ0) is 13.7. The monoisotopic (exact) mass is 615 g/mol. The molecule has 0 bridgehead atoms. The molecule has 0 fully saturated rings. The third kappa shape index (κ3) is 8.00. The molecule has 113 valence electrons. The normalized spacial score (nSPS) is 13.1. The first-order valence-corrected chi connectivity index (χ1v) is 6.87. The largest absolute Gasteiger partial charge is 1.00 e. The van der Waals surface area contributed by atoms with Gasteiger partial charge in [-0.3, -0.25) is 4.79 Å². The topological polar surface area (TPSA) is 34.4 Å². The van der Waals surface area contributed by atoms with Gasteiger partial charge in [-0.1, -0.05) is 12.0 Å². The fraction of sp³-hybridized carbons (Fsp3) is 0.438. The molecule has 0 aliphatic carbocycles. The summed E-state index contributed by atoms with van der Waals surface area (Å²) >= 11 is 0. The van der Waals surface area contributed by atoms with Crippen LogP contribution in [0, 0.1) is 13.5 Å². The van der Waals surface area contributed by atoms with Crippen LogP contribution in [0.1, 0.15) is 40.7 Å². The second-order valence-corrected chi connectivity index (χ2v) is 4.96. The molecule has 0 saturated heterocycles. The Kier molecular flexibility index (Phi) is 17.1. The quantitative estimate of drug-likeness (QED) is 0.345. The van der Waals surface area contributed by atoms with Gasteiger partial charge in [0.2, 0.25) is 5.91 Å². The van der Waals surface area contributed by atoms with Gasteiger partial charge in [-0.25, -0.2) is 6.54 Å². The molecule has 1 aromatic carbocycles. The van der Waals surface area contributed by atoms with E-state index in [-0.39, 0.29) is 118 Å². The summed E-state index contributed by atoms with van der Waals surface area (Å²) in [5.41, 5.74) is 2.87. The Morgan fingerprint density at radius 1 is 1.41 bits per heavy atom. The van der Waals surface area contributed by atoms with Gasteiger partial charge in [-0.15, -0.1) is 6.07 Å². The van der Waals surface area contributed by atoms with Gasteiger partial charge in [0, 0.05) is 53.8 Å². The Labute approximate surface area is 223 Å². The van der Waals surface area contributed by atoms with Gasteiger partial charge in [-0.2, -0.15) is 44.6 Å². The Hall–Kier alpha value is 2.12. The van der Waals surface area contributed by atoms with E-state index in [0.717, 1.165) is 55.5 Å². The molecule has 0 N–H and O–H groups in total. The number of rotatable bonds is 5. The van der Waals surface area contributed by atoms with Crippen molar-refractivity contribution in [1.82, 2.24) is 4.90 Å². The minimum absolute atomic E-state index is 0. The molecule has 1 heterocycles. The van der Waals surface area contributed by atoms with E-state index in [9.17, 15) is 4.79 Å². The number of nitrogens with zero attached hydrogens (tertiary/aromatic N) is 2. The van der Waals surface area contributed by atoms with Gasteiger partial charge in [0.15, 0.2) is 0 Å². The molecule has 1 aromatic rings. The summed E-state index contributed by atoms with van der Waals surface area (Å²) in [6.07, 6.45) is 3.89. The van der Waals surface area contributed by atoms with E-state index in [1.54, 1.807) is 0 Å². The van der Waals surface area contributed by atoms with Crippen molar-refractivity contribution in [1.29, 1.82) is 0 Å². The summed E-state index contributed by atoms with van der Waals surface area (Å²) in [6, 6.07) is 5.93. The molecule has 1 radical (unpaired) electrons. The smallest absolute Gasteiger partial charge is 0.665 e. The molecule has 0 aromatic heterocycles. The first kappa shape index (κ1) is 26.3. The molecule has 6 heteroatoms. The summed E-state index contributed by atoms with van der Waals surface area (Å²) in [6.45, 7) is 7.61. The number of hydrogen-bond acceptors (Lipinski definition) is 1. The molecule has 2 rings (SSSR count). The summed E-state index contributed by atoms with van der Waals surface area (Å²) in [5, 5.41) is 4.07.